The van der Waals surface area contributed by atoms with Gasteiger partial charge in [0.2, 0.25) is 0 Å². The number of ether oxygens (including phenoxy) is 1. The Balaban J connectivity index is 3.50. The third-order valence-corrected chi connectivity index (χ3v) is 2.74. The molecule has 96 valence electrons. The molecule has 0 aliphatic carbocycles. The summed E-state index contributed by atoms with van der Waals surface area (Å²) in [4.78, 5) is 11.5. The standard InChI is InChI=1S/C14H28O2/c1-6-7-9-12(2)10-8-11-16-13(15)14(3,4)5/h12H,6-11H2,1-5H3. The number of carbonyl (C=O) groups excluding carboxylic acids is 1. The largest absolute Gasteiger partial charge is 0.465 e. The normalized spacial score (nSPS) is 13.6. The predicted octanol–water partition coefficient (Wildman–Crippen LogP) is 4.18. The molecule has 0 radical (unpaired) electrons. The summed E-state index contributed by atoms with van der Waals surface area (Å²) in [6, 6.07) is 0. The first-order valence-corrected chi connectivity index (χ1v) is 6.55. The third kappa shape index (κ3) is 7.72. The summed E-state index contributed by atoms with van der Waals surface area (Å²) in [5.74, 6) is 0.669. The maximum atomic E-state index is 11.5. The Morgan fingerprint density at radius 1 is 1.19 bits per heavy atom. The van der Waals surface area contributed by atoms with E-state index in [0.717, 1.165) is 18.8 Å². The first-order valence-electron chi connectivity index (χ1n) is 6.55. The average molecular weight is 228 g/mol. The Labute approximate surface area is 101 Å². The molecule has 1 atom stereocenters. The first-order chi connectivity index (χ1) is 7.38. The van der Waals surface area contributed by atoms with Gasteiger partial charge in [0.15, 0.2) is 0 Å². The molecule has 0 saturated carbocycles. The minimum Gasteiger partial charge on any atom is -0.465 e. The Morgan fingerprint density at radius 2 is 1.75 bits per heavy atom. The second-order valence-electron chi connectivity index (χ2n) is 5.78. The molecule has 2 heteroatoms. The lowest BCUT2D eigenvalue weighted by molar-refractivity contribution is -0.153. The Kier molecular flexibility index (Phi) is 7.44. The maximum absolute atomic E-state index is 11.5. The lowest BCUT2D eigenvalue weighted by Crippen LogP contribution is -2.23. The Hall–Kier alpha value is -0.530. The van der Waals surface area contributed by atoms with E-state index in [1.54, 1.807) is 0 Å². The summed E-state index contributed by atoms with van der Waals surface area (Å²) in [5.41, 5.74) is -0.367. The number of carbonyl (C=O) groups is 1. The minimum absolute atomic E-state index is 0.0892. The molecule has 0 amide bonds. The van der Waals surface area contributed by atoms with Crippen LogP contribution in [0.4, 0.5) is 0 Å². The smallest absolute Gasteiger partial charge is 0.311 e. The molecule has 0 bridgehead atoms. The summed E-state index contributed by atoms with van der Waals surface area (Å²) < 4.78 is 5.22. The average Bonchev–Trinajstić information content (AvgIpc) is 2.19. The van der Waals surface area contributed by atoms with Crippen molar-refractivity contribution < 1.29 is 9.53 Å². The van der Waals surface area contributed by atoms with Crippen LogP contribution in [0.25, 0.3) is 0 Å². The molecule has 0 aliphatic rings. The number of unbranched alkanes of at least 4 members (excludes halogenated alkanes) is 1. The van der Waals surface area contributed by atoms with E-state index in [4.69, 9.17) is 4.74 Å². The van der Waals surface area contributed by atoms with Crippen LogP contribution in [0, 0.1) is 11.3 Å². The predicted molar refractivity (Wildman–Crippen MR) is 68.3 cm³/mol. The van der Waals surface area contributed by atoms with Crippen LogP contribution in [0.2, 0.25) is 0 Å². The van der Waals surface area contributed by atoms with Crippen LogP contribution in [0.15, 0.2) is 0 Å². The molecule has 0 aromatic rings. The highest BCUT2D eigenvalue weighted by Crippen LogP contribution is 2.17. The van der Waals surface area contributed by atoms with Crippen molar-refractivity contribution in [2.45, 2.75) is 66.7 Å². The lowest BCUT2D eigenvalue weighted by Gasteiger charge is -2.17. The van der Waals surface area contributed by atoms with Gasteiger partial charge < -0.3 is 4.74 Å². The Morgan fingerprint density at radius 3 is 2.25 bits per heavy atom. The topological polar surface area (TPSA) is 26.3 Å². The van der Waals surface area contributed by atoms with Crippen LogP contribution in [0.3, 0.4) is 0 Å². The van der Waals surface area contributed by atoms with Gasteiger partial charge >= 0.3 is 5.97 Å². The highest BCUT2D eigenvalue weighted by molar-refractivity contribution is 5.75. The molecule has 0 aromatic heterocycles. The van der Waals surface area contributed by atoms with Gasteiger partial charge in [0.25, 0.3) is 0 Å². The van der Waals surface area contributed by atoms with E-state index in [1.165, 1.54) is 19.3 Å². The third-order valence-electron chi connectivity index (χ3n) is 2.74. The van der Waals surface area contributed by atoms with E-state index >= 15 is 0 Å². The Bertz CT molecular complexity index is 191. The zero-order chi connectivity index (χ0) is 12.6. The van der Waals surface area contributed by atoms with Crippen LogP contribution < -0.4 is 0 Å². The van der Waals surface area contributed by atoms with Gasteiger partial charge in [-0.05, 0) is 39.5 Å². The second-order valence-corrected chi connectivity index (χ2v) is 5.78. The fraction of sp³-hybridized carbons (Fsp3) is 0.929. The molecule has 0 N–H and O–H groups in total. The monoisotopic (exact) mass is 228 g/mol. The van der Waals surface area contributed by atoms with E-state index in [9.17, 15) is 4.79 Å². The van der Waals surface area contributed by atoms with Crippen molar-refractivity contribution in [3.05, 3.63) is 0 Å². The summed E-state index contributed by atoms with van der Waals surface area (Å²) in [5, 5.41) is 0. The van der Waals surface area contributed by atoms with Crippen LogP contribution in [0.1, 0.15) is 66.7 Å². The van der Waals surface area contributed by atoms with Crippen molar-refractivity contribution in [2.75, 3.05) is 6.61 Å². The zero-order valence-corrected chi connectivity index (χ0v) is 11.6. The molecular weight excluding hydrogens is 200 g/mol. The number of hydrogen-bond acceptors (Lipinski definition) is 2. The quantitative estimate of drug-likeness (QED) is 0.482. The van der Waals surface area contributed by atoms with Gasteiger partial charge in [0.1, 0.15) is 0 Å². The molecule has 0 aliphatic heterocycles. The highest BCUT2D eigenvalue weighted by atomic mass is 16.5. The van der Waals surface area contributed by atoms with Crippen LogP contribution in [-0.2, 0) is 9.53 Å². The van der Waals surface area contributed by atoms with E-state index < -0.39 is 0 Å². The molecule has 0 heterocycles. The lowest BCUT2D eigenvalue weighted by atomic mass is 9.97. The fourth-order valence-electron chi connectivity index (χ4n) is 1.51. The molecule has 0 aromatic carbocycles. The van der Waals surface area contributed by atoms with E-state index in [2.05, 4.69) is 13.8 Å². The molecule has 0 spiro atoms. The molecule has 16 heavy (non-hydrogen) atoms. The molecule has 0 rings (SSSR count). The van der Waals surface area contributed by atoms with E-state index in [1.807, 2.05) is 20.8 Å². The molecule has 0 saturated heterocycles. The number of esters is 1. The molecule has 1 unspecified atom stereocenters. The number of rotatable bonds is 7. The van der Waals surface area contributed by atoms with Crippen LogP contribution >= 0.6 is 0 Å². The van der Waals surface area contributed by atoms with E-state index in [-0.39, 0.29) is 11.4 Å². The minimum atomic E-state index is -0.367. The fourth-order valence-corrected chi connectivity index (χ4v) is 1.51. The van der Waals surface area contributed by atoms with Gasteiger partial charge in [-0.1, -0.05) is 33.1 Å². The zero-order valence-electron chi connectivity index (χ0n) is 11.6. The van der Waals surface area contributed by atoms with Crippen molar-refractivity contribution in [3.8, 4) is 0 Å². The second kappa shape index (κ2) is 7.70. The van der Waals surface area contributed by atoms with Crippen molar-refractivity contribution in [1.29, 1.82) is 0 Å². The summed E-state index contributed by atoms with van der Waals surface area (Å²) in [6.07, 6.45) is 6.03. The van der Waals surface area contributed by atoms with Gasteiger partial charge in [-0.15, -0.1) is 0 Å². The molecule has 2 nitrogen and oxygen atoms in total. The summed E-state index contributed by atoms with van der Waals surface area (Å²) in [7, 11) is 0. The van der Waals surface area contributed by atoms with Crippen LogP contribution in [0.5, 0.6) is 0 Å². The first kappa shape index (κ1) is 15.5. The maximum Gasteiger partial charge on any atom is 0.311 e. The van der Waals surface area contributed by atoms with Crippen molar-refractivity contribution in [1.82, 2.24) is 0 Å². The number of hydrogen-bond donors (Lipinski definition) is 0. The molecule has 0 fully saturated rings. The van der Waals surface area contributed by atoms with Gasteiger partial charge in [-0.3, -0.25) is 4.79 Å². The molecular formula is C14H28O2. The summed E-state index contributed by atoms with van der Waals surface area (Å²) >= 11 is 0. The van der Waals surface area contributed by atoms with Crippen molar-refractivity contribution in [3.63, 3.8) is 0 Å². The van der Waals surface area contributed by atoms with E-state index in [0.29, 0.717) is 6.61 Å². The van der Waals surface area contributed by atoms with Gasteiger partial charge in [0.05, 0.1) is 12.0 Å². The van der Waals surface area contributed by atoms with Crippen molar-refractivity contribution >= 4 is 5.97 Å². The van der Waals surface area contributed by atoms with Crippen molar-refractivity contribution in [2.24, 2.45) is 11.3 Å². The van der Waals surface area contributed by atoms with Gasteiger partial charge in [-0.2, -0.15) is 0 Å². The van der Waals surface area contributed by atoms with Gasteiger partial charge in [0, 0.05) is 0 Å². The summed E-state index contributed by atoms with van der Waals surface area (Å²) in [6.45, 7) is 10.7. The SMILES string of the molecule is CCCCC(C)CCCOC(=O)C(C)(C)C. The van der Waals surface area contributed by atoms with Crippen LogP contribution in [-0.4, -0.2) is 12.6 Å². The highest BCUT2D eigenvalue weighted by Gasteiger charge is 2.22. The van der Waals surface area contributed by atoms with Gasteiger partial charge in [-0.25, -0.2) is 0 Å².